The molecule has 0 unspecified atom stereocenters. The van der Waals surface area contributed by atoms with Crippen molar-refractivity contribution in [2.45, 2.75) is 31.2 Å². The van der Waals surface area contributed by atoms with Gasteiger partial charge in [0.15, 0.2) is 0 Å². The number of benzene rings is 2. The Labute approximate surface area is 194 Å². The summed E-state index contributed by atoms with van der Waals surface area (Å²) in [4.78, 5) is 14.9. The maximum atomic E-state index is 12.4. The zero-order valence-electron chi connectivity index (χ0n) is 18.5. The number of anilines is 2. The average Bonchev–Trinajstić information content (AvgIpc) is 3.52. The van der Waals surface area contributed by atoms with Crippen LogP contribution in [0.4, 0.5) is 11.4 Å². The number of furan rings is 1. The van der Waals surface area contributed by atoms with Crippen molar-refractivity contribution >= 4 is 33.4 Å². The summed E-state index contributed by atoms with van der Waals surface area (Å²) in [5.74, 6) is 0.286. The molecule has 1 amide bonds. The predicted molar refractivity (Wildman–Crippen MR) is 129 cm³/mol. The summed E-state index contributed by atoms with van der Waals surface area (Å²) in [5.41, 5.74) is 3.69. The van der Waals surface area contributed by atoms with Gasteiger partial charge in [-0.2, -0.15) is 0 Å². The van der Waals surface area contributed by atoms with Crippen LogP contribution in [0.3, 0.4) is 0 Å². The molecule has 8 heteroatoms. The first-order valence-corrected chi connectivity index (χ1v) is 12.4. The van der Waals surface area contributed by atoms with Crippen molar-refractivity contribution in [2.24, 2.45) is 0 Å². The lowest BCUT2D eigenvalue weighted by atomic mass is 10.1. The molecule has 33 heavy (non-hydrogen) atoms. The van der Waals surface area contributed by atoms with Crippen molar-refractivity contribution < 1.29 is 17.6 Å². The third-order valence-electron chi connectivity index (χ3n) is 5.57. The highest BCUT2D eigenvalue weighted by molar-refractivity contribution is 7.89. The molecule has 1 aliphatic rings. The Morgan fingerprint density at radius 3 is 2.52 bits per heavy atom. The van der Waals surface area contributed by atoms with E-state index in [0.29, 0.717) is 5.76 Å². The number of carbonyl (C=O) groups excluding carboxylic acids is 1. The van der Waals surface area contributed by atoms with Gasteiger partial charge in [-0.05, 0) is 79.4 Å². The summed E-state index contributed by atoms with van der Waals surface area (Å²) in [6.07, 6.45) is 7.02. The molecule has 2 N–H and O–H groups in total. The largest absolute Gasteiger partial charge is 0.468 e. The van der Waals surface area contributed by atoms with Crippen molar-refractivity contribution in [3.63, 3.8) is 0 Å². The smallest absolute Gasteiger partial charge is 0.248 e. The Hall–Kier alpha value is -3.36. The minimum absolute atomic E-state index is 0.0790. The fourth-order valence-electron chi connectivity index (χ4n) is 3.73. The van der Waals surface area contributed by atoms with Gasteiger partial charge >= 0.3 is 0 Å². The Kier molecular flexibility index (Phi) is 6.96. The number of carbonyl (C=O) groups is 1. The van der Waals surface area contributed by atoms with Crippen LogP contribution in [0.2, 0.25) is 0 Å². The number of aryl methyl sites for hydroxylation is 1. The molecule has 1 aliphatic heterocycles. The Morgan fingerprint density at radius 1 is 1.09 bits per heavy atom. The van der Waals surface area contributed by atoms with Gasteiger partial charge in [-0.15, -0.1) is 0 Å². The highest BCUT2D eigenvalue weighted by Crippen LogP contribution is 2.25. The normalized spacial score (nSPS) is 14.2. The summed E-state index contributed by atoms with van der Waals surface area (Å²) in [6, 6.07) is 15.8. The first-order valence-electron chi connectivity index (χ1n) is 10.9. The maximum Gasteiger partial charge on any atom is 0.248 e. The molecule has 4 rings (SSSR count). The standard InChI is InChI=1S/C25H27N3O4S/c1-19-17-21(28-14-2-3-15-28)9-12-24(19)27-25(29)13-8-20-6-10-23(11-7-20)33(30,31)26-18-22-5-4-16-32-22/h4-13,16-17,26H,2-3,14-15,18H2,1H3,(H,27,29)/b13-8+. The molecule has 3 aromatic rings. The number of hydrogen-bond acceptors (Lipinski definition) is 5. The Bertz CT molecular complexity index is 1230. The van der Waals surface area contributed by atoms with E-state index in [2.05, 4.69) is 21.0 Å². The SMILES string of the molecule is Cc1cc(N2CCCC2)ccc1NC(=O)/C=C/c1ccc(S(=O)(=O)NCc2ccco2)cc1. The van der Waals surface area contributed by atoms with E-state index in [4.69, 9.17) is 4.42 Å². The van der Waals surface area contributed by atoms with Crippen molar-refractivity contribution in [2.75, 3.05) is 23.3 Å². The van der Waals surface area contributed by atoms with Crippen LogP contribution in [0.15, 0.2) is 76.2 Å². The highest BCUT2D eigenvalue weighted by Gasteiger charge is 2.15. The van der Waals surface area contributed by atoms with Crippen LogP contribution in [0, 0.1) is 6.92 Å². The second kappa shape index (κ2) is 10.1. The van der Waals surface area contributed by atoms with Crippen LogP contribution in [-0.2, 0) is 21.4 Å². The molecule has 1 saturated heterocycles. The van der Waals surface area contributed by atoms with Crippen LogP contribution in [0.5, 0.6) is 0 Å². The first-order chi connectivity index (χ1) is 15.9. The van der Waals surface area contributed by atoms with Gasteiger partial charge in [-0.3, -0.25) is 4.79 Å². The van der Waals surface area contributed by atoms with Crippen LogP contribution >= 0.6 is 0 Å². The third-order valence-corrected chi connectivity index (χ3v) is 6.99. The lowest BCUT2D eigenvalue weighted by molar-refractivity contribution is -0.111. The van der Waals surface area contributed by atoms with Crippen molar-refractivity contribution in [1.82, 2.24) is 4.72 Å². The van der Waals surface area contributed by atoms with Gasteiger partial charge in [0.25, 0.3) is 0 Å². The minimum Gasteiger partial charge on any atom is -0.468 e. The highest BCUT2D eigenvalue weighted by atomic mass is 32.2. The summed E-state index contributed by atoms with van der Waals surface area (Å²) < 4.78 is 32.5. The molecular formula is C25H27N3O4S. The van der Waals surface area contributed by atoms with E-state index in [1.54, 1.807) is 30.3 Å². The van der Waals surface area contributed by atoms with Crippen LogP contribution in [0.1, 0.15) is 29.7 Å². The molecular weight excluding hydrogens is 438 g/mol. The Balaban J connectivity index is 1.34. The minimum atomic E-state index is -3.66. The molecule has 2 aromatic carbocycles. The van der Waals surface area contributed by atoms with E-state index < -0.39 is 10.0 Å². The quantitative estimate of drug-likeness (QED) is 0.484. The molecule has 0 saturated carbocycles. The van der Waals surface area contributed by atoms with E-state index in [1.165, 1.54) is 43.0 Å². The zero-order chi connectivity index (χ0) is 23.3. The Morgan fingerprint density at radius 2 is 1.85 bits per heavy atom. The van der Waals surface area contributed by atoms with E-state index in [1.807, 2.05) is 19.1 Å². The number of nitrogens with zero attached hydrogens (tertiary/aromatic N) is 1. The van der Waals surface area contributed by atoms with E-state index >= 15 is 0 Å². The van der Waals surface area contributed by atoms with Gasteiger partial charge in [-0.1, -0.05) is 12.1 Å². The fraction of sp³-hybridized carbons (Fsp3) is 0.240. The van der Waals surface area contributed by atoms with Crippen molar-refractivity contribution in [1.29, 1.82) is 0 Å². The number of amides is 1. The van der Waals surface area contributed by atoms with Crippen LogP contribution in [-0.4, -0.2) is 27.4 Å². The topological polar surface area (TPSA) is 91.7 Å². The number of hydrogen-bond donors (Lipinski definition) is 2. The molecule has 7 nitrogen and oxygen atoms in total. The molecule has 1 aromatic heterocycles. The molecule has 0 aliphatic carbocycles. The summed E-state index contributed by atoms with van der Waals surface area (Å²) in [6.45, 7) is 4.22. The van der Waals surface area contributed by atoms with E-state index in [9.17, 15) is 13.2 Å². The fourth-order valence-corrected chi connectivity index (χ4v) is 4.72. The second-order valence-electron chi connectivity index (χ2n) is 7.99. The lowest BCUT2D eigenvalue weighted by Crippen LogP contribution is -2.22. The zero-order valence-corrected chi connectivity index (χ0v) is 19.3. The molecule has 0 spiro atoms. The monoisotopic (exact) mass is 465 g/mol. The lowest BCUT2D eigenvalue weighted by Gasteiger charge is -2.19. The second-order valence-corrected chi connectivity index (χ2v) is 9.76. The first kappa shape index (κ1) is 22.8. The van der Waals surface area contributed by atoms with Crippen molar-refractivity contribution in [3.05, 3.63) is 83.8 Å². The molecule has 172 valence electrons. The van der Waals surface area contributed by atoms with Gasteiger partial charge in [0.2, 0.25) is 15.9 Å². The van der Waals surface area contributed by atoms with Crippen LogP contribution in [0.25, 0.3) is 6.08 Å². The molecule has 0 bridgehead atoms. The number of sulfonamides is 1. The summed E-state index contributed by atoms with van der Waals surface area (Å²) in [5, 5.41) is 2.90. The molecule has 2 heterocycles. The number of rotatable bonds is 8. The maximum absolute atomic E-state index is 12.4. The van der Waals surface area contributed by atoms with Crippen LogP contribution < -0.4 is 14.9 Å². The van der Waals surface area contributed by atoms with E-state index in [0.717, 1.165) is 29.9 Å². The van der Waals surface area contributed by atoms with E-state index in [-0.39, 0.29) is 17.3 Å². The number of nitrogens with one attached hydrogen (secondary N) is 2. The molecule has 0 radical (unpaired) electrons. The molecule has 1 fully saturated rings. The van der Waals surface area contributed by atoms with Gasteiger partial charge in [0.1, 0.15) is 5.76 Å². The predicted octanol–water partition coefficient (Wildman–Crippen LogP) is 4.32. The summed E-state index contributed by atoms with van der Waals surface area (Å²) >= 11 is 0. The van der Waals surface area contributed by atoms with Gasteiger partial charge in [0.05, 0.1) is 17.7 Å². The van der Waals surface area contributed by atoms with Gasteiger partial charge in [-0.25, -0.2) is 13.1 Å². The average molecular weight is 466 g/mol. The molecule has 0 atom stereocenters. The van der Waals surface area contributed by atoms with Crippen molar-refractivity contribution in [3.8, 4) is 0 Å². The van der Waals surface area contributed by atoms with Gasteiger partial charge in [0, 0.05) is 30.5 Å². The summed E-state index contributed by atoms with van der Waals surface area (Å²) in [7, 11) is -3.66. The third kappa shape index (κ3) is 5.91. The van der Waals surface area contributed by atoms with Gasteiger partial charge < -0.3 is 14.6 Å².